The summed E-state index contributed by atoms with van der Waals surface area (Å²) in [4.78, 5) is 12.7. The van der Waals surface area contributed by atoms with Crippen LogP contribution in [0.5, 0.6) is 17.2 Å². The van der Waals surface area contributed by atoms with Gasteiger partial charge in [-0.2, -0.15) is 0 Å². The summed E-state index contributed by atoms with van der Waals surface area (Å²) in [6, 6.07) is 22.3. The molecule has 0 aliphatic rings. The largest absolute Gasteiger partial charge is 0.540 e. The Kier molecular flexibility index (Phi) is 5.63. The summed E-state index contributed by atoms with van der Waals surface area (Å²) in [6.45, 7) is 3.58. The average molecular weight is 382 g/mol. The standard InChI is InChI=1S/C21H19O5P/c1-16-10-6-8-14-19(16)25-27(23,26-20-15-9-7-11-17(20)2)21(22)24-18-12-4-3-5-13-18/h3-15H,1-2H3. The molecule has 0 N–H and O–H groups in total. The summed E-state index contributed by atoms with van der Waals surface area (Å²) in [5.74, 6) is 0.836. The molecule has 0 spiro atoms. The lowest BCUT2D eigenvalue weighted by Crippen LogP contribution is -2.16. The molecular formula is C21H19O5P. The quantitative estimate of drug-likeness (QED) is 0.478. The highest BCUT2D eigenvalue weighted by molar-refractivity contribution is 7.72. The van der Waals surface area contributed by atoms with Crippen LogP contribution in [0.15, 0.2) is 78.9 Å². The van der Waals surface area contributed by atoms with Crippen LogP contribution in [-0.4, -0.2) is 5.71 Å². The van der Waals surface area contributed by atoms with E-state index in [9.17, 15) is 9.36 Å². The first-order valence-electron chi connectivity index (χ1n) is 8.36. The van der Waals surface area contributed by atoms with Crippen molar-refractivity contribution in [3.8, 4) is 17.2 Å². The highest BCUT2D eigenvalue weighted by Crippen LogP contribution is 2.51. The maximum atomic E-state index is 13.4. The van der Waals surface area contributed by atoms with Crippen LogP contribution in [0.3, 0.4) is 0 Å². The number of carbonyl (C=O) groups is 1. The van der Waals surface area contributed by atoms with Gasteiger partial charge in [0.05, 0.1) is 0 Å². The Morgan fingerprint density at radius 3 is 1.63 bits per heavy atom. The van der Waals surface area contributed by atoms with Crippen LogP contribution in [0.2, 0.25) is 0 Å². The van der Waals surface area contributed by atoms with Crippen LogP contribution in [0.4, 0.5) is 4.79 Å². The summed E-state index contributed by atoms with van der Waals surface area (Å²) in [7, 11) is -4.33. The molecule has 0 atom stereocenters. The third-order valence-corrected chi connectivity index (χ3v) is 5.21. The van der Waals surface area contributed by atoms with E-state index in [1.807, 2.05) is 12.1 Å². The number of carbonyl (C=O) groups excluding carboxylic acids is 1. The van der Waals surface area contributed by atoms with Gasteiger partial charge >= 0.3 is 13.3 Å². The molecule has 6 heteroatoms. The highest BCUT2D eigenvalue weighted by Gasteiger charge is 2.42. The average Bonchev–Trinajstić information content (AvgIpc) is 2.66. The Labute approximate surface area is 158 Å². The predicted octanol–water partition coefficient (Wildman–Crippen LogP) is 6.15. The van der Waals surface area contributed by atoms with E-state index in [2.05, 4.69) is 0 Å². The first-order valence-corrected chi connectivity index (χ1v) is 9.90. The Hall–Kier alpha value is -3.04. The van der Waals surface area contributed by atoms with Crippen molar-refractivity contribution in [2.24, 2.45) is 0 Å². The van der Waals surface area contributed by atoms with Crippen molar-refractivity contribution in [3.05, 3.63) is 90.0 Å². The Morgan fingerprint density at radius 1 is 0.704 bits per heavy atom. The van der Waals surface area contributed by atoms with Gasteiger partial charge < -0.3 is 13.8 Å². The smallest absolute Gasteiger partial charge is 0.416 e. The van der Waals surface area contributed by atoms with E-state index in [1.165, 1.54) is 0 Å². The van der Waals surface area contributed by atoms with Gasteiger partial charge in [-0.25, -0.2) is 9.36 Å². The Balaban J connectivity index is 1.95. The number of hydrogen-bond acceptors (Lipinski definition) is 5. The molecule has 0 saturated heterocycles. The Bertz CT molecular complexity index is 933. The minimum absolute atomic E-state index is 0.254. The molecule has 5 nitrogen and oxygen atoms in total. The first-order chi connectivity index (χ1) is 13.0. The maximum Gasteiger partial charge on any atom is 0.540 e. The van der Waals surface area contributed by atoms with E-state index < -0.39 is 13.3 Å². The zero-order chi connectivity index (χ0) is 19.3. The molecule has 0 aliphatic carbocycles. The molecule has 3 aromatic rings. The number of benzene rings is 3. The third-order valence-electron chi connectivity index (χ3n) is 3.80. The third kappa shape index (κ3) is 4.57. The lowest BCUT2D eigenvalue weighted by Gasteiger charge is -2.20. The SMILES string of the molecule is Cc1ccccc1OP(=O)(Oc1ccccc1C)C(=O)Oc1ccccc1. The van der Waals surface area contributed by atoms with Gasteiger partial charge in [-0.1, -0.05) is 54.6 Å². The van der Waals surface area contributed by atoms with Gasteiger partial charge in [-0.05, 0) is 49.2 Å². The molecule has 3 rings (SSSR count). The van der Waals surface area contributed by atoms with Crippen molar-refractivity contribution in [1.82, 2.24) is 0 Å². The molecule has 138 valence electrons. The van der Waals surface area contributed by atoms with Crippen LogP contribution in [0.1, 0.15) is 11.1 Å². The minimum atomic E-state index is -4.33. The predicted molar refractivity (Wildman–Crippen MR) is 104 cm³/mol. The number of para-hydroxylation sites is 3. The molecular weight excluding hydrogens is 363 g/mol. The number of hydrogen-bond donors (Lipinski definition) is 0. The van der Waals surface area contributed by atoms with Crippen molar-refractivity contribution in [3.63, 3.8) is 0 Å². The summed E-state index contributed by atoms with van der Waals surface area (Å²) in [5.41, 5.74) is 0.359. The summed E-state index contributed by atoms with van der Waals surface area (Å²) < 4.78 is 29.9. The monoisotopic (exact) mass is 382 g/mol. The van der Waals surface area contributed by atoms with Crippen molar-refractivity contribution in [2.45, 2.75) is 13.8 Å². The molecule has 0 aromatic heterocycles. The van der Waals surface area contributed by atoms with Gasteiger partial charge in [0.2, 0.25) is 0 Å². The van der Waals surface area contributed by atoms with Crippen molar-refractivity contribution < 1.29 is 23.1 Å². The zero-order valence-corrected chi connectivity index (χ0v) is 15.9. The molecule has 27 heavy (non-hydrogen) atoms. The van der Waals surface area contributed by atoms with Crippen LogP contribution < -0.4 is 13.8 Å². The zero-order valence-electron chi connectivity index (χ0n) is 15.0. The maximum absolute atomic E-state index is 13.4. The summed E-state index contributed by atoms with van der Waals surface area (Å²) in [5, 5.41) is 0. The van der Waals surface area contributed by atoms with Gasteiger partial charge in [0.1, 0.15) is 17.2 Å². The lowest BCUT2D eigenvalue weighted by atomic mass is 10.2. The van der Waals surface area contributed by atoms with Crippen LogP contribution in [0, 0.1) is 13.8 Å². The number of aryl methyl sites for hydroxylation is 2. The fourth-order valence-electron chi connectivity index (χ4n) is 2.32. The topological polar surface area (TPSA) is 61.8 Å². The fraction of sp³-hybridized carbons (Fsp3) is 0.0952. The van der Waals surface area contributed by atoms with Crippen molar-refractivity contribution >= 4 is 13.3 Å². The molecule has 0 bridgehead atoms. The second kappa shape index (κ2) is 8.11. The first kappa shape index (κ1) is 18.7. The molecule has 0 amide bonds. The van der Waals surface area contributed by atoms with Gasteiger partial charge in [-0.3, -0.25) is 0 Å². The van der Waals surface area contributed by atoms with E-state index in [0.717, 1.165) is 11.1 Å². The van der Waals surface area contributed by atoms with Crippen molar-refractivity contribution in [2.75, 3.05) is 0 Å². The van der Waals surface area contributed by atoms with E-state index in [-0.39, 0.29) is 5.75 Å². The number of ether oxygens (including phenoxy) is 1. The van der Waals surface area contributed by atoms with Gasteiger partial charge in [-0.15, -0.1) is 0 Å². The van der Waals surface area contributed by atoms with Gasteiger partial charge in [0.15, 0.2) is 0 Å². The van der Waals surface area contributed by atoms with E-state index in [1.54, 1.807) is 80.6 Å². The fourth-order valence-corrected chi connectivity index (χ4v) is 3.65. The van der Waals surface area contributed by atoms with Gasteiger partial charge in [0.25, 0.3) is 0 Å². The molecule has 0 fully saturated rings. The Morgan fingerprint density at radius 2 is 1.15 bits per heavy atom. The number of rotatable bonds is 6. The van der Waals surface area contributed by atoms with E-state index in [4.69, 9.17) is 13.8 Å². The van der Waals surface area contributed by atoms with E-state index in [0.29, 0.717) is 11.5 Å². The summed E-state index contributed by atoms with van der Waals surface area (Å²) in [6.07, 6.45) is 0. The molecule has 0 aliphatic heterocycles. The lowest BCUT2D eigenvalue weighted by molar-refractivity contribution is 0.215. The molecule has 0 heterocycles. The van der Waals surface area contributed by atoms with Crippen LogP contribution in [0.25, 0.3) is 0 Å². The molecule has 3 aromatic carbocycles. The normalized spacial score (nSPS) is 10.9. The highest BCUT2D eigenvalue weighted by atomic mass is 31.2. The van der Waals surface area contributed by atoms with E-state index >= 15 is 0 Å². The van der Waals surface area contributed by atoms with Gasteiger partial charge in [0, 0.05) is 0 Å². The molecule has 0 saturated carbocycles. The molecule has 0 radical (unpaired) electrons. The minimum Gasteiger partial charge on any atom is -0.416 e. The van der Waals surface area contributed by atoms with Crippen molar-refractivity contribution in [1.29, 1.82) is 0 Å². The van der Waals surface area contributed by atoms with Crippen LogP contribution in [-0.2, 0) is 4.57 Å². The molecule has 0 unspecified atom stereocenters. The second-order valence-corrected chi connectivity index (χ2v) is 7.62. The second-order valence-electron chi connectivity index (χ2n) is 5.89. The summed E-state index contributed by atoms with van der Waals surface area (Å²) >= 11 is 0. The van der Waals surface area contributed by atoms with Crippen LogP contribution >= 0.6 is 7.60 Å².